The highest BCUT2D eigenvalue weighted by Gasteiger charge is 2.47. The minimum Gasteiger partial charge on any atom is -0.507 e. The van der Waals surface area contributed by atoms with Gasteiger partial charge in [-0.15, -0.1) is 0 Å². The van der Waals surface area contributed by atoms with Crippen LogP contribution in [-0.2, 0) is 9.59 Å². The van der Waals surface area contributed by atoms with Crippen LogP contribution in [0.5, 0.6) is 0 Å². The maximum absolute atomic E-state index is 13.0. The monoisotopic (exact) mass is 404 g/mol. The maximum Gasteiger partial charge on any atom is 0.300 e. The molecule has 0 spiro atoms. The molecule has 5 nitrogen and oxygen atoms in total. The summed E-state index contributed by atoms with van der Waals surface area (Å²) in [4.78, 5) is 31.3. The Hall–Kier alpha value is -3.44. The third-order valence-corrected chi connectivity index (χ3v) is 5.13. The van der Waals surface area contributed by atoms with Crippen molar-refractivity contribution >= 4 is 34.7 Å². The van der Waals surface area contributed by atoms with Gasteiger partial charge in [0.25, 0.3) is 11.7 Å². The van der Waals surface area contributed by atoms with Gasteiger partial charge in [0.1, 0.15) is 5.76 Å². The summed E-state index contributed by atoms with van der Waals surface area (Å²) in [5.74, 6) is -1.67. The molecule has 1 fully saturated rings. The third-order valence-electron chi connectivity index (χ3n) is 4.88. The van der Waals surface area contributed by atoms with Crippen LogP contribution in [0, 0.1) is 6.92 Å². The number of ketones is 1. The molecule has 1 amide bonds. The molecule has 3 aromatic rings. The van der Waals surface area contributed by atoms with Gasteiger partial charge in [-0.2, -0.15) is 0 Å². The largest absolute Gasteiger partial charge is 0.507 e. The second-order valence-electron chi connectivity index (χ2n) is 6.80. The molecule has 4 rings (SSSR count). The van der Waals surface area contributed by atoms with Crippen LogP contribution in [0.25, 0.3) is 5.76 Å². The lowest BCUT2D eigenvalue weighted by Crippen LogP contribution is -2.29. The van der Waals surface area contributed by atoms with Crippen LogP contribution >= 0.6 is 11.6 Å². The molecule has 0 unspecified atom stereocenters. The van der Waals surface area contributed by atoms with Crippen LogP contribution in [0.4, 0.5) is 5.69 Å². The first-order valence-corrected chi connectivity index (χ1v) is 9.38. The fraction of sp³-hybridized carbons (Fsp3) is 0.0870. The van der Waals surface area contributed by atoms with Crippen molar-refractivity contribution in [2.24, 2.45) is 0 Å². The van der Waals surface area contributed by atoms with E-state index >= 15 is 0 Å². The minimum absolute atomic E-state index is 0.0324. The smallest absolute Gasteiger partial charge is 0.300 e. The van der Waals surface area contributed by atoms with Crippen molar-refractivity contribution in [1.82, 2.24) is 4.98 Å². The van der Waals surface area contributed by atoms with E-state index in [2.05, 4.69) is 4.98 Å². The van der Waals surface area contributed by atoms with Gasteiger partial charge in [-0.1, -0.05) is 53.6 Å². The lowest BCUT2D eigenvalue weighted by Gasteiger charge is -2.25. The van der Waals surface area contributed by atoms with Crippen LogP contribution in [0.1, 0.15) is 22.7 Å². The summed E-state index contributed by atoms with van der Waals surface area (Å²) in [6.45, 7) is 1.93. The molecule has 1 saturated heterocycles. The number of pyridine rings is 1. The predicted octanol–water partition coefficient (Wildman–Crippen LogP) is 4.67. The van der Waals surface area contributed by atoms with Crippen molar-refractivity contribution in [1.29, 1.82) is 0 Å². The number of benzene rings is 2. The molecule has 2 aromatic carbocycles. The second-order valence-corrected chi connectivity index (χ2v) is 7.23. The number of hydrogen-bond donors (Lipinski definition) is 1. The van der Waals surface area contributed by atoms with Crippen molar-refractivity contribution in [3.8, 4) is 0 Å². The zero-order valence-corrected chi connectivity index (χ0v) is 16.3. The molecule has 144 valence electrons. The van der Waals surface area contributed by atoms with Crippen molar-refractivity contribution in [3.63, 3.8) is 0 Å². The van der Waals surface area contributed by atoms with Crippen molar-refractivity contribution < 1.29 is 14.7 Å². The number of rotatable bonds is 3. The van der Waals surface area contributed by atoms with Crippen LogP contribution in [-0.4, -0.2) is 21.8 Å². The van der Waals surface area contributed by atoms with Gasteiger partial charge in [0.15, 0.2) is 0 Å². The Balaban J connectivity index is 1.94. The van der Waals surface area contributed by atoms with Gasteiger partial charge in [-0.25, -0.2) is 0 Å². The molecule has 1 atom stereocenters. The van der Waals surface area contributed by atoms with Gasteiger partial charge in [-0.05, 0) is 36.8 Å². The van der Waals surface area contributed by atoms with Gasteiger partial charge >= 0.3 is 0 Å². The zero-order valence-electron chi connectivity index (χ0n) is 15.5. The third kappa shape index (κ3) is 3.41. The number of Topliss-reactive ketones (excluding diaryl/α,β-unsaturated/α-hetero) is 1. The second kappa shape index (κ2) is 7.53. The minimum atomic E-state index is -0.794. The number of hydrogen-bond acceptors (Lipinski definition) is 4. The van der Waals surface area contributed by atoms with E-state index in [0.717, 1.165) is 5.56 Å². The molecular weight excluding hydrogens is 388 g/mol. The van der Waals surface area contributed by atoms with Crippen molar-refractivity contribution in [2.75, 3.05) is 4.90 Å². The highest BCUT2D eigenvalue weighted by molar-refractivity contribution is 6.51. The average molecular weight is 405 g/mol. The molecule has 29 heavy (non-hydrogen) atoms. The summed E-state index contributed by atoms with van der Waals surface area (Å²) in [5, 5.41) is 11.5. The molecule has 0 saturated carbocycles. The quantitative estimate of drug-likeness (QED) is 0.391. The molecule has 1 aliphatic heterocycles. The van der Waals surface area contributed by atoms with Gasteiger partial charge in [0.05, 0.1) is 23.5 Å². The molecule has 1 aromatic heterocycles. The average Bonchev–Trinajstić information content (AvgIpc) is 3.00. The number of carbonyl (C=O) groups is 2. The summed E-state index contributed by atoms with van der Waals surface area (Å²) in [7, 11) is 0. The Morgan fingerprint density at radius 1 is 1.03 bits per heavy atom. The Kier molecular flexibility index (Phi) is 4.91. The first-order chi connectivity index (χ1) is 14.0. The van der Waals surface area contributed by atoms with Gasteiger partial charge in [0, 0.05) is 16.8 Å². The van der Waals surface area contributed by atoms with Crippen molar-refractivity contribution in [3.05, 3.63) is 100 Å². The highest BCUT2D eigenvalue weighted by atomic mass is 35.5. The first kappa shape index (κ1) is 18.9. The van der Waals surface area contributed by atoms with E-state index in [9.17, 15) is 14.7 Å². The standard InChI is InChI=1S/C23H17ClN2O3/c1-14-4-6-16(7-5-14)21(27)19-20(15-8-10-17(24)11-9-15)26(23(29)22(19)28)18-3-2-12-25-13-18/h2-13,20,27H,1H3/t20-/m1/s1. The summed E-state index contributed by atoms with van der Waals surface area (Å²) in [6, 6.07) is 16.6. The Morgan fingerprint density at radius 2 is 1.72 bits per heavy atom. The lowest BCUT2D eigenvalue weighted by molar-refractivity contribution is -0.132. The maximum atomic E-state index is 13.0. The number of aryl methyl sites for hydroxylation is 1. The molecule has 1 N–H and O–H groups in total. The number of aromatic nitrogens is 1. The summed E-state index contributed by atoms with van der Waals surface area (Å²) >= 11 is 6.02. The summed E-state index contributed by atoms with van der Waals surface area (Å²) in [6.07, 6.45) is 3.10. The molecule has 0 radical (unpaired) electrons. The fourth-order valence-corrected chi connectivity index (χ4v) is 3.55. The zero-order chi connectivity index (χ0) is 20.5. The Labute approximate surface area is 172 Å². The number of nitrogens with zero attached hydrogens (tertiary/aromatic N) is 2. The highest BCUT2D eigenvalue weighted by Crippen LogP contribution is 2.42. The molecule has 0 bridgehead atoms. The molecule has 2 heterocycles. The molecule has 1 aliphatic rings. The van der Waals surface area contributed by atoms with Crippen LogP contribution in [0.2, 0.25) is 5.02 Å². The van der Waals surface area contributed by atoms with E-state index in [1.54, 1.807) is 54.7 Å². The van der Waals surface area contributed by atoms with E-state index in [0.29, 0.717) is 21.8 Å². The van der Waals surface area contributed by atoms with E-state index in [1.165, 1.54) is 11.1 Å². The number of amides is 1. The molecule has 6 heteroatoms. The van der Waals surface area contributed by atoms with Gasteiger partial charge in [-0.3, -0.25) is 19.5 Å². The van der Waals surface area contributed by atoms with E-state index in [4.69, 9.17) is 11.6 Å². The van der Waals surface area contributed by atoms with Crippen LogP contribution < -0.4 is 4.90 Å². The van der Waals surface area contributed by atoms with Crippen molar-refractivity contribution in [2.45, 2.75) is 13.0 Å². The molecular formula is C23H17ClN2O3. The van der Waals surface area contributed by atoms with Crippen LogP contribution in [0.15, 0.2) is 78.6 Å². The van der Waals surface area contributed by atoms with E-state index < -0.39 is 17.7 Å². The Morgan fingerprint density at radius 3 is 2.34 bits per heavy atom. The van der Waals surface area contributed by atoms with Gasteiger partial charge < -0.3 is 5.11 Å². The van der Waals surface area contributed by atoms with Crippen LogP contribution in [0.3, 0.4) is 0 Å². The number of aliphatic hydroxyl groups excluding tert-OH is 1. The Bertz CT molecular complexity index is 1110. The number of anilines is 1. The SMILES string of the molecule is Cc1ccc(C(O)=C2C(=O)C(=O)N(c3cccnc3)[C@@H]2c2ccc(Cl)cc2)cc1. The summed E-state index contributed by atoms with van der Waals surface area (Å²) < 4.78 is 0. The predicted molar refractivity (Wildman–Crippen MR) is 112 cm³/mol. The summed E-state index contributed by atoms with van der Waals surface area (Å²) in [5.41, 5.74) is 2.65. The topological polar surface area (TPSA) is 70.5 Å². The van der Waals surface area contributed by atoms with Gasteiger partial charge in [0.2, 0.25) is 0 Å². The number of halogens is 1. The lowest BCUT2D eigenvalue weighted by atomic mass is 9.95. The number of aliphatic hydroxyl groups is 1. The van der Waals surface area contributed by atoms with E-state index in [-0.39, 0.29) is 11.3 Å². The fourth-order valence-electron chi connectivity index (χ4n) is 3.42. The molecule has 0 aliphatic carbocycles. The first-order valence-electron chi connectivity index (χ1n) is 9.01. The normalized spacial score (nSPS) is 18.3. The number of carbonyl (C=O) groups excluding carboxylic acids is 2. The van der Waals surface area contributed by atoms with E-state index in [1.807, 2.05) is 19.1 Å².